The summed E-state index contributed by atoms with van der Waals surface area (Å²) in [7, 11) is 1.87. The lowest BCUT2D eigenvalue weighted by Crippen LogP contribution is -2.30. The van der Waals surface area contributed by atoms with Gasteiger partial charge in [0.1, 0.15) is 5.15 Å². The molecule has 0 aliphatic carbocycles. The van der Waals surface area contributed by atoms with E-state index in [1.807, 2.05) is 14.0 Å². The van der Waals surface area contributed by atoms with E-state index in [1.54, 1.807) is 4.68 Å². The zero-order valence-electron chi connectivity index (χ0n) is 10.1. The van der Waals surface area contributed by atoms with E-state index in [1.165, 1.54) is 0 Å². The summed E-state index contributed by atoms with van der Waals surface area (Å²) in [5.74, 6) is 0.626. The van der Waals surface area contributed by atoms with E-state index in [-0.39, 0.29) is 0 Å². The largest absolute Gasteiger partial charge is 0.310 e. The molecule has 0 saturated carbocycles. The van der Waals surface area contributed by atoms with Gasteiger partial charge in [-0.2, -0.15) is 5.10 Å². The molecule has 0 spiro atoms. The molecule has 1 atom stereocenters. The average Bonchev–Trinajstić information content (AvgIpc) is 2.38. The molecule has 0 aromatic carbocycles. The number of nitrogens with zero attached hydrogens (tertiary/aromatic N) is 2. The van der Waals surface area contributed by atoms with Crippen LogP contribution in [0.15, 0.2) is 0 Å². The van der Waals surface area contributed by atoms with Crippen LogP contribution in [0.4, 0.5) is 0 Å². The molecule has 1 aromatic rings. The standard InChI is InChI=1S/C11H20ClN3/c1-7(2)8(3)13-6-10-9(4)14-15(5)11(10)12/h7-8,13H,6H2,1-5H3. The summed E-state index contributed by atoms with van der Waals surface area (Å²) in [4.78, 5) is 0. The predicted molar refractivity (Wildman–Crippen MR) is 64.1 cm³/mol. The van der Waals surface area contributed by atoms with Crippen LogP contribution in [0.1, 0.15) is 32.0 Å². The van der Waals surface area contributed by atoms with Crippen molar-refractivity contribution in [1.29, 1.82) is 0 Å². The van der Waals surface area contributed by atoms with E-state index < -0.39 is 0 Å². The third kappa shape index (κ3) is 2.95. The van der Waals surface area contributed by atoms with Gasteiger partial charge in [-0.15, -0.1) is 0 Å². The highest BCUT2D eigenvalue weighted by atomic mass is 35.5. The van der Waals surface area contributed by atoms with Gasteiger partial charge in [0, 0.05) is 25.2 Å². The normalized spacial score (nSPS) is 13.5. The van der Waals surface area contributed by atoms with Gasteiger partial charge in [0.2, 0.25) is 0 Å². The zero-order valence-corrected chi connectivity index (χ0v) is 10.9. The van der Waals surface area contributed by atoms with Gasteiger partial charge >= 0.3 is 0 Å². The van der Waals surface area contributed by atoms with Crippen molar-refractivity contribution >= 4 is 11.6 Å². The van der Waals surface area contributed by atoms with Gasteiger partial charge in [0.25, 0.3) is 0 Å². The van der Waals surface area contributed by atoms with Crippen molar-refractivity contribution < 1.29 is 0 Å². The molecule has 0 radical (unpaired) electrons. The molecule has 1 unspecified atom stereocenters. The van der Waals surface area contributed by atoms with E-state index in [0.717, 1.165) is 23.0 Å². The van der Waals surface area contributed by atoms with Gasteiger partial charge in [0.05, 0.1) is 5.69 Å². The Bertz CT molecular complexity index is 331. The number of nitrogens with one attached hydrogen (secondary N) is 1. The maximum absolute atomic E-state index is 6.14. The summed E-state index contributed by atoms with van der Waals surface area (Å²) >= 11 is 6.14. The summed E-state index contributed by atoms with van der Waals surface area (Å²) in [6, 6.07) is 0.487. The van der Waals surface area contributed by atoms with Crippen molar-refractivity contribution in [3.63, 3.8) is 0 Å². The lowest BCUT2D eigenvalue weighted by atomic mass is 10.1. The van der Waals surface area contributed by atoms with Crippen molar-refractivity contribution in [2.24, 2.45) is 13.0 Å². The first kappa shape index (κ1) is 12.5. The predicted octanol–water partition coefficient (Wildman–Crippen LogP) is 2.52. The minimum absolute atomic E-state index is 0.487. The Morgan fingerprint density at radius 2 is 2.00 bits per heavy atom. The lowest BCUT2D eigenvalue weighted by molar-refractivity contribution is 0.426. The highest BCUT2D eigenvalue weighted by Crippen LogP contribution is 2.18. The quantitative estimate of drug-likeness (QED) is 0.860. The monoisotopic (exact) mass is 229 g/mol. The molecule has 0 amide bonds. The Hall–Kier alpha value is -0.540. The second-order valence-electron chi connectivity index (χ2n) is 4.39. The fourth-order valence-electron chi connectivity index (χ4n) is 1.37. The second-order valence-corrected chi connectivity index (χ2v) is 4.75. The minimum Gasteiger partial charge on any atom is -0.310 e. The van der Waals surface area contributed by atoms with Crippen LogP contribution in [0, 0.1) is 12.8 Å². The Morgan fingerprint density at radius 1 is 1.40 bits per heavy atom. The van der Waals surface area contributed by atoms with Crippen molar-refractivity contribution in [2.75, 3.05) is 0 Å². The number of rotatable bonds is 4. The third-order valence-corrected chi connectivity index (χ3v) is 3.34. The molecule has 1 aromatic heterocycles. The number of hydrogen-bond donors (Lipinski definition) is 1. The van der Waals surface area contributed by atoms with Gasteiger partial charge in [0.15, 0.2) is 0 Å². The van der Waals surface area contributed by atoms with E-state index in [0.29, 0.717) is 12.0 Å². The summed E-state index contributed by atoms with van der Waals surface area (Å²) in [6.45, 7) is 9.37. The van der Waals surface area contributed by atoms with Crippen LogP contribution in [0.5, 0.6) is 0 Å². The Morgan fingerprint density at radius 3 is 2.40 bits per heavy atom. The number of hydrogen-bond acceptors (Lipinski definition) is 2. The molecule has 86 valence electrons. The van der Waals surface area contributed by atoms with Crippen molar-refractivity contribution in [3.8, 4) is 0 Å². The van der Waals surface area contributed by atoms with Gasteiger partial charge in [-0.05, 0) is 19.8 Å². The Kier molecular flexibility index (Phi) is 4.17. The zero-order chi connectivity index (χ0) is 11.6. The van der Waals surface area contributed by atoms with E-state index >= 15 is 0 Å². The number of halogens is 1. The summed E-state index contributed by atoms with van der Waals surface area (Å²) in [6.07, 6.45) is 0. The molecule has 1 N–H and O–H groups in total. The smallest absolute Gasteiger partial charge is 0.131 e. The number of aromatic nitrogens is 2. The summed E-state index contributed by atoms with van der Waals surface area (Å²) < 4.78 is 1.72. The first-order valence-electron chi connectivity index (χ1n) is 5.34. The van der Waals surface area contributed by atoms with Crippen LogP contribution >= 0.6 is 11.6 Å². The molecule has 3 nitrogen and oxygen atoms in total. The lowest BCUT2D eigenvalue weighted by Gasteiger charge is -2.17. The molecule has 0 aliphatic rings. The minimum atomic E-state index is 0.487. The fourth-order valence-corrected chi connectivity index (χ4v) is 1.61. The Balaban J connectivity index is 2.65. The van der Waals surface area contributed by atoms with Crippen LogP contribution in [0.3, 0.4) is 0 Å². The van der Waals surface area contributed by atoms with E-state index in [9.17, 15) is 0 Å². The highest BCUT2D eigenvalue weighted by Gasteiger charge is 2.13. The van der Waals surface area contributed by atoms with E-state index in [2.05, 4.69) is 31.2 Å². The highest BCUT2D eigenvalue weighted by molar-refractivity contribution is 6.30. The maximum atomic E-state index is 6.14. The topological polar surface area (TPSA) is 29.9 Å². The van der Waals surface area contributed by atoms with Crippen molar-refractivity contribution in [2.45, 2.75) is 40.3 Å². The van der Waals surface area contributed by atoms with Gasteiger partial charge in [-0.25, -0.2) is 0 Å². The van der Waals surface area contributed by atoms with Crippen molar-refractivity contribution in [3.05, 3.63) is 16.4 Å². The molecular formula is C11H20ClN3. The van der Waals surface area contributed by atoms with Gasteiger partial charge < -0.3 is 5.32 Å². The van der Waals surface area contributed by atoms with Crippen LogP contribution in [0.25, 0.3) is 0 Å². The maximum Gasteiger partial charge on any atom is 0.131 e. The van der Waals surface area contributed by atoms with E-state index in [4.69, 9.17) is 11.6 Å². The molecule has 0 aliphatic heterocycles. The van der Waals surface area contributed by atoms with Gasteiger partial charge in [-0.3, -0.25) is 4.68 Å². The molecular weight excluding hydrogens is 210 g/mol. The summed E-state index contributed by atoms with van der Waals surface area (Å²) in [5, 5.41) is 8.47. The molecule has 0 saturated heterocycles. The fraction of sp³-hybridized carbons (Fsp3) is 0.727. The first-order chi connectivity index (χ1) is 6.93. The first-order valence-corrected chi connectivity index (χ1v) is 5.72. The average molecular weight is 230 g/mol. The van der Waals surface area contributed by atoms with Crippen molar-refractivity contribution in [1.82, 2.24) is 15.1 Å². The molecule has 4 heteroatoms. The van der Waals surface area contributed by atoms with Crippen LogP contribution < -0.4 is 5.32 Å². The van der Waals surface area contributed by atoms with Crippen LogP contribution in [-0.4, -0.2) is 15.8 Å². The van der Waals surface area contributed by atoms with Crippen LogP contribution in [-0.2, 0) is 13.6 Å². The number of aryl methyl sites for hydroxylation is 2. The Labute approximate surface area is 96.8 Å². The molecule has 15 heavy (non-hydrogen) atoms. The van der Waals surface area contributed by atoms with Crippen LogP contribution in [0.2, 0.25) is 5.15 Å². The second kappa shape index (κ2) is 4.99. The summed E-state index contributed by atoms with van der Waals surface area (Å²) in [5.41, 5.74) is 2.11. The molecule has 1 heterocycles. The molecule has 1 rings (SSSR count). The third-order valence-electron chi connectivity index (χ3n) is 2.87. The molecule has 0 fully saturated rings. The van der Waals surface area contributed by atoms with Gasteiger partial charge in [-0.1, -0.05) is 25.4 Å². The molecule has 0 bridgehead atoms. The SMILES string of the molecule is Cc1nn(C)c(Cl)c1CNC(C)C(C)C.